The highest BCUT2D eigenvalue weighted by molar-refractivity contribution is 5.83. The predicted molar refractivity (Wildman–Crippen MR) is 114 cm³/mol. The van der Waals surface area contributed by atoms with Crippen molar-refractivity contribution in [2.45, 2.75) is 86.5 Å². The van der Waals surface area contributed by atoms with Gasteiger partial charge in [-0.2, -0.15) is 0 Å². The van der Waals surface area contributed by atoms with Gasteiger partial charge < -0.3 is 9.47 Å². The van der Waals surface area contributed by atoms with Crippen molar-refractivity contribution in [3.8, 4) is 0 Å². The van der Waals surface area contributed by atoms with Crippen molar-refractivity contribution in [1.82, 2.24) is 0 Å². The molecule has 0 aromatic carbocycles. The average Bonchev–Trinajstić information content (AvgIpc) is 2.60. The Morgan fingerprint density at radius 1 is 1.04 bits per heavy atom. The summed E-state index contributed by atoms with van der Waals surface area (Å²) in [7, 11) is 0. The van der Waals surface area contributed by atoms with Crippen LogP contribution in [0.25, 0.3) is 0 Å². The molecule has 1 saturated carbocycles. The molecular weight excluding hydrogens is 352 g/mol. The number of esters is 2. The minimum atomic E-state index is -0.230. The van der Waals surface area contributed by atoms with Crippen molar-refractivity contribution in [3.63, 3.8) is 0 Å². The van der Waals surface area contributed by atoms with Gasteiger partial charge in [-0.3, -0.25) is 4.79 Å². The quantitative estimate of drug-likeness (QED) is 0.425. The second-order valence-corrected chi connectivity index (χ2v) is 9.41. The highest BCUT2D eigenvalue weighted by atomic mass is 16.5. The van der Waals surface area contributed by atoms with E-state index in [1.165, 1.54) is 25.7 Å². The molecule has 0 bridgehead atoms. The van der Waals surface area contributed by atoms with Crippen LogP contribution in [0.3, 0.4) is 0 Å². The zero-order valence-electron chi connectivity index (χ0n) is 18.8. The summed E-state index contributed by atoms with van der Waals surface area (Å²) < 4.78 is 9.81. The Kier molecular flexibility index (Phi) is 9.98. The van der Waals surface area contributed by atoms with Crippen LogP contribution in [0.4, 0.5) is 0 Å². The first-order valence-electron chi connectivity index (χ1n) is 10.8. The third-order valence-electron chi connectivity index (χ3n) is 5.62. The van der Waals surface area contributed by atoms with E-state index in [1.54, 1.807) is 6.08 Å². The first kappa shape index (κ1) is 24.5. The van der Waals surface area contributed by atoms with Crippen molar-refractivity contribution in [2.75, 3.05) is 13.2 Å². The van der Waals surface area contributed by atoms with Crippen molar-refractivity contribution in [3.05, 3.63) is 23.8 Å². The third-order valence-corrected chi connectivity index (χ3v) is 5.62. The molecule has 0 amide bonds. The lowest BCUT2D eigenvalue weighted by Crippen LogP contribution is -2.23. The van der Waals surface area contributed by atoms with Gasteiger partial charge in [-0.15, -0.1) is 0 Å². The highest BCUT2D eigenvalue weighted by Gasteiger charge is 2.28. The molecule has 0 spiro atoms. The number of ether oxygens (including phenoxy) is 2. The largest absolute Gasteiger partial charge is 0.466 e. The van der Waals surface area contributed by atoms with E-state index in [4.69, 9.17) is 9.47 Å². The van der Waals surface area contributed by atoms with E-state index in [9.17, 15) is 9.59 Å². The molecule has 0 saturated heterocycles. The molecule has 0 unspecified atom stereocenters. The second-order valence-electron chi connectivity index (χ2n) is 9.41. The zero-order valence-corrected chi connectivity index (χ0v) is 18.8. The van der Waals surface area contributed by atoms with Crippen molar-refractivity contribution >= 4 is 11.9 Å². The molecule has 0 radical (unpaired) electrons. The average molecular weight is 393 g/mol. The summed E-state index contributed by atoms with van der Waals surface area (Å²) in [5, 5.41) is 0. The summed E-state index contributed by atoms with van der Waals surface area (Å²) >= 11 is 0. The molecule has 0 heterocycles. The van der Waals surface area contributed by atoms with Crippen LogP contribution < -0.4 is 0 Å². The molecule has 28 heavy (non-hydrogen) atoms. The van der Waals surface area contributed by atoms with Crippen molar-refractivity contribution in [1.29, 1.82) is 0 Å². The summed E-state index contributed by atoms with van der Waals surface area (Å²) in [6.45, 7) is 13.7. The Hall–Kier alpha value is -1.58. The molecule has 160 valence electrons. The Labute approximate surface area is 171 Å². The monoisotopic (exact) mass is 392 g/mol. The van der Waals surface area contributed by atoms with E-state index in [0.29, 0.717) is 31.0 Å². The second kappa shape index (κ2) is 11.4. The Morgan fingerprint density at radius 3 is 2.14 bits per heavy atom. The van der Waals surface area contributed by atoms with Gasteiger partial charge in [-0.1, -0.05) is 39.8 Å². The van der Waals surface area contributed by atoms with Gasteiger partial charge in [-0.05, 0) is 74.7 Å². The topological polar surface area (TPSA) is 52.6 Å². The smallest absolute Gasteiger partial charge is 0.331 e. The maximum absolute atomic E-state index is 11.3. The molecule has 1 fully saturated rings. The fourth-order valence-corrected chi connectivity index (χ4v) is 3.54. The van der Waals surface area contributed by atoms with Crippen LogP contribution in [0, 0.1) is 16.7 Å². The van der Waals surface area contributed by atoms with Crippen molar-refractivity contribution < 1.29 is 19.1 Å². The molecule has 2 aliphatic rings. The highest BCUT2D eigenvalue weighted by Crippen LogP contribution is 2.39. The van der Waals surface area contributed by atoms with Crippen molar-refractivity contribution in [2.24, 2.45) is 16.7 Å². The van der Waals surface area contributed by atoms with Gasteiger partial charge in [0.05, 0.1) is 13.2 Å². The predicted octanol–water partition coefficient (Wildman–Crippen LogP) is 6.01. The molecule has 4 heteroatoms. The Bertz CT molecular complexity index is 559. The zero-order chi connectivity index (χ0) is 21.2. The Balaban J connectivity index is 0.000000280. The van der Waals surface area contributed by atoms with Crippen LogP contribution in [-0.2, 0) is 19.1 Å². The van der Waals surface area contributed by atoms with Crippen LogP contribution >= 0.6 is 0 Å². The fourth-order valence-electron chi connectivity index (χ4n) is 3.54. The Morgan fingerprint density at radius 2 is 1.64 bits per heavy atom. The van der Waals surface area contributed by atoms with Crippen LogP contribution in [0.2, 0.25) is 0 Å². The summed E-state index contributed by atoms with van der Waals surface area (Å²) in [6, 6.07) is 0. The number of carbonyl (C=O) groups excluding carboxylic acids is 2. The molecule has 0 aromatic rings. The summed E-state index contributed by atoms with van der Waals surface area (Å²) in [4.78, 5) is 22.4. The normalized spacial score (nSPS) is 22.1. The lowest BCUT2D eigenvalue weighted by atomic mass is 9.72. The number of carbonyl (C=O) groups is 2. The van der Waals surface area contributed by atoms with E-state index in [1.807, 2.05) is 19.9 Å². The SMILES string of the molecule is CCOC(=O)C=C1C=CC(C)(C)CC1.CCOC(=O)CC1CCC(C)(C)CC1. The van der Waals surface area contributed by atoms with Crippen LogP contribution in [0.15, 0.2) is 23.8 Å². The molecule has 2 aliphatic carbocycles. The maximum Gasteiger partial charge on any atom is 0.331 e. The number of hydrogen-bond acceptors (Lipinski definition) is 4. The summed E-state index contributed by atoms with van der Waals surface area (Å²) in [5.41, 5.74) is 1.83. The molecule has 0 aliphatic heterocycles. The standard InChI is InChI=1S/C12H22O2.C12H18O2/c2*1-4-14-11(13)9-10-5-7-12(2,3)8-6-10/h10H,4-9H2,1-3H3;5,7,9H,4,6,8H2,1-3H3. The van der Waals surface area contributed by atoms with E-state index >= 15 is 0 Å². The number of rotatable bonds is 5. The molecular formula is C24H40O4. The van der Waals surface area contributed by atoms with Gasteiger partial charge in [0.25, 0.3) is 0 Å². The lowest BCUT2D eigenvalue weighted by molar-refractivity contribution is -0.144. The van der Waals surface area contributed by atoms with Crippen LogP contribution in [0.5, 0.6) is 0 Å². The van der Waals surface area contributed by atoms with Gasteiger partial charge >= 0.3 is 11.9 Å². The fraction of sp³-hybridized carbons (Fsp3) is 0.750. The lowest BCUT2D eigenvalue weighted by Gasteiger charge is -2.33. The first-order valence-corrected chi connectivity index (χ1v) is 10.8. The maximum atomic E-state index is 11.3. The van der Waals surface area contributed by atoms with E-state index in [-0.39, 0.29) is 17.4 Å². The van der Waals surface area contributed by atoms with Crippen LogP contribution in [0.1, 0.15) is 86.5 Å². The van der Waals surface area contributed by atoms with Gasteiger partial charge in [0, 0.05) is 12.5 Å². The minimum Gasteiger partial charge on any atom is -0.466 e. The van der Waals surface area contributed by atoms with Gasteiger partial charge in [0.2, 0.25) is 0 Å². The van der Waals surface area contributed by atoms with Gasteiger partial charge in [0.15, 0.2) is 0 Å². The molecule has 2 rings (SSSR count). The van der Waals surface area contributed by atoms with E-state index in [0.717, 1.165) is 18.4 Å². The third kappa shape index (κ3) is 10.1. The van der Waals surface area contributed by atoms with E-state index in [2.05, 4.69) is 33.8 Å². The summed E-state index contributed by atoms with van der Waals surface area (Å²) in [6.07, 6.45) is 13.3. The molecule has 4 nitrogen and oxygen atoms in total. The number of allylic oxidation sites excluding steroid dienone is 3. The molecule has 0 aromatic heterocycles. The van der Waals surface area contributed by atoms with Crippen LogP contribution in [-0.4, -0.2) is 25.2 Å². The van der Waals surface area contributed by atoms with Gasteiger partial charge in [-0.25, -0.2) is 4.79 Å². The first-order chi connectivity index (χ1) is 13.1. The number of hydrogen-bond donors (Lipinski definition) is 0. The molecule has 0 N–H and O–H groups in total. The molecule has 0 atom stereocenters. The van der Waals surface area contributed by atoms with E-state index < -0.39 is 0 Å². The van der Waals surface area contributed by atoms with Gasteiger partial charge in [0.1, 0.15) is 0 Å². The minimum absolute atomic E-state index is 0.0165. The summed E-state index contributed by atoms with van der Waals surface area (Å²) in [5.74, 6) is 0.325.